The van der Waals surface area contributed by atoms with Gasteiger partial charge in [0.25, 0.3) is 0 Å². The van der Waals surface area contributed by atoms with Gasteiger partial charge in [0.1, 0.15) is 0 Å². The van der Waals surface area contributed by atoms with Crippen LogP contribution in [0.2, 0.25) is 0 Å². The first kappa shape index (κ1) is 14.0. The molecular formula is C15H29O. The minimum Gasteiger partial charge on any atom is -0.373 e. The van der Waals surface area contributed by atoms with Crippen LogP contribution in [0.25, 0.3) is 0 Å². The predicted molar refractivity (Wildman–Crippen MR) is 70.4 cm³/mol. The van der Waals surface area contributed by atoms with E-state index in [4.69, 9.17) is 4.74 Å². The van der Waals surface area contributed by atoms with Crippen LogP contribution in [-0.4, -0.2) is 12.7 Å². The molecule has 0 amide bonds. The van der Waals surface area contributed by atoms with Gasteiger partial charge in [-0.3, -0.25) is 0 Å². The van der Waals surface area contributed by atoms with Gasteiger partial charge in [-0.15, -0.1) is 0 Å². The summed E-state index contributed by atoms with van der Waals surface area (Å²) < 4.78 is 5.25. The zero-order valence-corrected chi connectivity index (χ0v) is 11.2. The second kappa shape index (κ2) is 9.04. The van der Waals surface area contributed by atoms with Crippen LogP contribution in [0, 0.1) is 12.3 Å². The van der Waals surface area contributed by atoms with Gasteiger partial charge in [-0.1, -0.05) is 65.2 Å². The summed E-state index contributed by atoms with van der Waals surface area (Å²) in [6.07, 6.45) is 15.4. The van der Waals surface area contributed by atoms with Crippen LogP contribution in [0.5, 0.6) is 0 Å². The Labute approximate surface area is 102 Å². The maximum Gasteiger partial charge on any atom is 0.0841 e. The highest BCUT2D eigenvalue weighted by Gasteiger charge is 2.23. The number of rotatable bonds is 11. The van der Waals surface area contributed by atoms with Crippen molar-refractivity contribution in [3.8, 4) is 0 Å². The first-order chi connectivity index (χ1) is 7.86. The fraction of sp³-hybridized carbons (Fsp3) is 0.933. The minimum atomic E-state index is 0.514. The van der Waals surface area contributed by atoms with E-state index in [9.17, 15) is 0 Å². The number of hydrogen-bond donors (Lipinski definition) is 0. The molecule has 0 bridgehead atoms. The average molecular weight is 225 g/mol. The third kappa shape index (κ3) is 7.27. The van der Waals surface area contributed by atoms with Crippen molar-refractivity contribution in [3.05, 3.63) is 6.42 Å². The van der Waals surface area contributed by atoms with Gasteiger partial charge in [-0.2, -0.15) is 0 Å². The first-order valence-electron chi connectivity index (χ1n) is 7.31. The number of epoxide rings is 1. The standard InChI is InChI=1S/C15H29O/c1-3-5-7-8-10-14(9-6-4-2)11-12-15-13-16-15/h12,14-15H,3-11,13H2,1-2H3. The third-order valence-corrected chi connectivity index (χ3v) is 3.52. The lowest BCUT2D eigenvalue weighted by Gasteiger charge is -2.15. The predicted octanol–water partition coefficient (Wildman–Crippen LogP) is 4.76. The Morgan fingerprint density at radius 3 is 2.38 bits per heavy atom. The highest BCUT2D eigenvalue weighted by Crippen LogP contribution is 2.25. The number of hydrogen-bond acceptors (Lipinski definition) is 1. The fourth-order valence-electron chi connectivity index (χ4n) is 2.27. The zero-order chi connectivity index (χ0) is 11.6. The van der Waals surface area contributed by atoms with E-state index < -0.39 is 0 Å². The lowest BCUT2D eigenvalue weighted by Crippen LogP contribution is -2.03. The van der Waals surface area contributed by atoms with E-state index in [0.29, 0.717) is 6.10 Å². The fourth-order valence-corrected chi connectivity index (χ4v) is 2.27. The van der Waals surface area contributed by atoms with Crippen molar-refractivity contribution >= 4 is 0 Å². The van der Waals surface area contributed by atoms with Crippen molar-refractivity contribution in [2.45, 2.75) is 77.7 Å². The van der Waals surface area contributed by atoms with Crippen molar-refractivity contribution in [1.82, 2.24) is 0 Å². The molecule has 1 aliphatic rings. The zero-order valence-electron chi connectivity index (χ0n) is 11.2. The van der Waals surface area contributed by atoms with Crippen LogP contribution in [0.1, 0.15) is 71.6 Å². The largest absolute Gasteiger partial charge is 0.373 e. The van der Waals surface area contributed by atoms with Gasteiger partial charge in [-0.05, 0) is 18.8 Å². The van der Waals surface area contributed by atoms with E-state index in [1.807, 2.05) is 0 Å². The quantitative estimate of drug-likeness (QED) is 0.365. The first-order valence-corrected chi connectivity index (χ1v) is 7.31. The second-order valence-electron chi connectivity index (χ2n) is 5.20. The van der Waals surface area contributed by atoms with Gasteiger partial charge in [-0.25, -0.2) is 0 Å². The van der Waals surface area contributed by atoms with Crippen molar-refractivity contribution in [3.63, 3.8) is 0 Å². The molecule has 0 N–H and O–H groups in total. The highest BCUT2D eigenvalue weighted by atomic mass is 16.6. The van der Waals surface area contributed by atoms with Gasteiger partial charge in [0.15, 0.2) is 0 Å². The number of unbranched alkanes of at least 4 members (excludes halogenated alkanes) is 4. The van der Waals surface area contributed by atoms with Crippen LogP contribution >= 0.6 is 0 Å². The molecule has 2 atom stereocenters. The van der Waals surface area contributed by atoms with Gasteiger partial charge in [0.2, 0.25) is 0 Å². The van der Waals surface area contributed by atoms with Gasteiger partial charge in [0.05, 0.1) is 12.7 Å². The molecule has 1 aliphatic heterocycles. The normalized spacial score (nSPS) is 21.0. The Morgan fingerprint density at radius 2 is 1.75 bits per heavy atom. The molecule has 0 spiro atoms. The lowest BCUT2D eigenvalue weighted by atomic mass is 9.90. The highest BCUT2D eigenvalue weighted by molar-refractivity contribution is 4.87. The molecule has 1 heterocycles. The molecule has 0 saturated carbocycles. The van der Waals surface area contributed by atoms with Crippen LogP contribution in [0.3, 0.4) is 0 Å². The SMILES string of the molecule is CCCCCCC(C[CH]C1CO1)CCCC. The smallest absolute Gasteiger partial charge is 0.0841 e. The van der Waals surface area contributed by atoms with Gasteiger partial charge < -0.3 is 4.74 Å². The molecular weight excluding hydrogens is 196 g/mol. The van der Waals surface area contributed by atoms with E-state index in [1.165, 1.54) is 57.8 Å². The maximum atomic E-state index is 5.25. The summed E-state index contributed by atoms with van der Waals surface area (Å²) >= 11 is 0. The molecule has 0 aromatic heterocycles. The van der Waals surface area contributed by atoms with Crippen molar-refractivity contribution in [2.75, 3.05) is 6.61 Å². The Hall–Kier alpha value is -0.0400. The van der Waals surface area contributed by atoms with Crippen LogP contribution in [0.4, 0.5) is 0 Å². The monoisotopic (exact) mass is 225 g/mol. The summed E-state index contributed by atoms with van der Waals surface area (Å²) in [5.41, 5.74) is 0. The van der Waals surface area contributed by atoms with Crippen LogP contribution in [-0.2, 0) is 4.74 Å². The van der Waals surface area contributed by atoms with E-state index in [1.54, 1.807) is 0 Å². The average Bonchev–Trinajstić information content (AvgIpc) is 3.11. The Balaban J connectivity index is 2.03. The molecule has 1 rings (SSSR count). The summed E-state index contributed by atoms with van der Waals surface area (Å²) in [5, 5.41) is 0. The molecule has 1 nitrogen and oxygen atoms in total. The lowest BCUT2D eigenvalue weighted by molar-refractivity contribution is 0.379. The van der Waals surface area contributed by atoms with Crippen molar-refractivity contribution < 1.29 is 4.74 Å². The third-order valence-electron chi connectivity index (χ3n) is 3.52. The summed E-state index contributed by atoms with van der Waals surface area (Å²) in [7, 11) is 0. The summed E-state index contributed by atoms with van der Waals surface area (Å²) in [6.45, 7) is 5.56. The molecule has 95 valence electrons. The molecule has 1 fully saturated rings. The van der Waals surface area contributed by atoms with Crippen molar-refractivity contribution in [2.24, 2.45) is 5.92 Å². The molecule has 1 radical (unpaired) electrons. The maximum absolute atomic E-state index is 5.25. The summed E-state index contributed by atoms with van der Waals surface area (Å²) in [6, 6.07) is 0. The molecule has 2 unspecified atom stereocenters. The van der Waals surface area contributed by atoms with Crippen LogP contribution in [0.15, 0.2) is 0 Å². The van der Waals surface area contributed by atoms with E-state index in [0.717, 1.165) is 12.5 Å². The Kier molecular flexibility index (Phi) is 7.92. The molecule has 1 saturated heterocycles. The molecule has 16 heavy (non-hydrogen) atoms. The van der Waals surface area contributed by atoms with E-state index in [-0.39, 0.29) is 0 Å². The summed E-state index contributed by atoms with van der Waals surface area (Å²) in [4.78, 5) is 0. The van der Waals surface area contributed by atoms with Gasteiger partial charge >= 0.3 is 0 Å². The molecule has 0 aromatic rings. The molecule has 0 aliphatic carbocycles. The summed E-state index contributed by atoms with van der Waals surface area (Å²) in [5.74, 6) is 0.931. The van der Waals surface area contributed by atoms with Crippen LogP contribution < -0.4 is 0 Å². The van der Waals surface area contributed by atoms with Gasteiger partial charge in [0, 0.05) is 0 Å². The van der Waals surface area contributed by atoms with Crippen molar-refractivity contribution in [1.29, 1.82) is 0 Å². The van der Waals surface area contributed by atoms with E-state index in [2.05, 4.69) is 20.3 Å². The number of ether oxygens (including phenoxy) is 1. The second-order valence-corrected chi connectivity index (χ2v) is 5.20. The van der Waals surface area contributed by atoms with E-state index >= 15 is 0 Å². The topological polar surface area (TPSA) is 12.5 Å². The molecule has 0 aromatic carbocycles. The molecule has 1 heteroatoms. The minimum absolute atomic E-state index is 0.514. The Bertz CT molecular complexity index is 152. The Morgan fingerprint density at radius 1 is 1.06 bits per heavy atom.